The normalized spacial score (nSPS) is 10.6. The van der Waals surface area contributed by atoms with Gasteiger partial charge in [0.25, 0.3) is 0 Å². The van der Waals surface area contributed by atoms with E-state index >= 15 is 0 Å². The summed E-state index contributed by atoms with van der Waals surface area (Å²) < 4.78 is 6.48. The van der Waals surface area contributed by atoms with Gasteiger partial charge in [0.2, 0.25) is 0 Å². The third-order valence-corrected chi connectivity index (χ3v) is 3.36. The minimum Gasteiger partial charge on any atom is -0.443 e. The Labute approximate surface area is 143 Å². The zero-order valence-electron chi connectivity index (χ0n) is 13.7. The van der Waals surface area contributed by atoms with Gasteiger partial charge in [-0.3, -0.25) is 4.57 Å². The summed E-state index contributed by atoms with van der Waals surface area (Å²) in [5, 5.41) is 20.2. The molecular weight excluding hydrogens is 336 g/mol. The molecule has 1 heterocycles. The van der Waals surface area contributed by atoms with E-state index in [1.54, 1.807) is 32.9 Å². The van der Waals surface area contributed by atoms with E-state index < -0.39 is 18.8 Å². The van der Waals surface area contributed by atoms with Crippen molar-refractivity contribution in [1.29, 1.82) is 0 Å². The fourth-order valence-corrected chi connectivity index (χ4v) is 2.23. The summed E-state index contributed by atoms with van der Waals surface area (Å²) in [4.78, 5) is 28.6. The molecule has 0 atom stereocenters. The van der Waals surface area contributed by atoms with Crippen LogP contribution in [-0.2, 0) is 14.3 Å². The summed E-state index contributed by atoms with van der Waals surface area (Å²) in [6, 6.07) is 4.90. The first-order valence-corrected chi connectivity index (χ1v) is 7.30. The van der Waals surface area contributed by atoms with Gasteiger partial charge in [-0.25, -0.2) is 4.79 Å². The zero-order chi connectivity index (χ0) is 18.7. The topological polar surface area (TPSA) is 106 Å². The number of rotatable bonds is 1. The summed E-state index contributed by atoms with van der Waals surface area (Å²) in [6.45, 7) is 7.04. The van der Waals surface area contributed by atoms with Crippen LogP contribution >= 0.6 is 11.6 Å². The molecule has 2 rings (SSSR count). The largest absolute Gasteiger partial charge is 0.506 e. The van der Waals surface area contributed by atoms with Crippen molar-refractivity contribution in [3.63, 3.8) is 0 Å². The smallest absolute Gasteiger partial charge is 0.443 e. The van der Waals surface area contributed by atoms with Crippen LogP contribution in [0.15, 0.2) is 18.2 Å². The number of fused-ring (bicyclic) bond motifs is 1. The monoisotopic (exact) mass is 353 g/mol. The van der Waals surface area contributed by atoms with Crippen LogP contribution in [-0.4, -0.2) is 39.6 Å². The number of carbonyl (C=O) groups excluding carboxylic acids is 3. The average molecular weight is 354 g/mol. The van der Waals surface area contributed by atoms with Crippen molar-refractivity contribution in [2.45, 2.75) is 33.3 Å². The summed E-state index contributed by atoms with van der Waals surface area (Å²) in [5.74, 6) is 0. The Morgan fingerprint density at radius 1 is 1.25 bits per heavy atom. The number of ether oxygens (including phenoxy) is 1. The van der Waals surface area contributed by atoms with E-state index in [1.807, 2.05) is 6.92 Å². The number of hydrogen-bond acceptors (Lipinski definition) is 6. The summed E-state index contributed by atoms with van der Waals surface area (Å²) in [5.41, 5.74) is 0.661. The van der Waals surface area contributed by atoms with Gasteiger partial charge in [0.1, 0.15) is 5.60 Å². The van der Waals surface area contributed by atoms with Crippen LogP contribution in [0.4, 0.5) is 4.79 Å². The fraction of sp³-hybridized carbons (Fsp3) is 0.333. The molecule has 0 aliphatic rings. The number of benzene rings is 1. The molecule has 0 bridgehead atoms. The molecule has 1 aromatic heterocycles. The molecule has 2 aromatic rings. The van der Waals surface area contributed by atoms with Crippen molar-refractivity contribution >= 4 is 47.5 Å². The first kappa shape index (κ1) is 19.9. The molecule has 7 nitrogen and oxygen atoms in total. The van der Waals surface area contributed by atoms with Gasteiger partial charge in [0, 0.05) is 10.4 Å². The standard InChI is InChI=1S/C14H17BClNO4.CO2/c1-8-5-11-9(6-10(8)16)7-12(15(19)20)17(11)13(18)21-14(2,3)4;2-1-3/h5-7,19-20H,1-4H3;. The van der Waals surface area contributed by atoms with Crippen molar-refractivity contribution in [2.75, 3.05) is 0 Å². The van der Waals surface area contributed by atoms with E-state index in [0.29, 0.717) is 15.9 Å². The maximum absolute atomic E-state index is 12.3. The highest BCUT2D eigenvalue weighted by Crippen LogP contribution is 2.24. The Bertz CT molecular complexity index is 787. The lowest BCUT2D eigenvalue weighted by atomic mass is 9.86. The van der Waals surface area contributed by atoms with Crippen LogP contribution in [0.5, 0.6) is 0 Å². The fourth-order valence-electron chi connectivity index (χ4n) is 2.06. The first-order chi connectivity index (χ1) is 11.0. The molecule has 0 unspecified atom stereocenters. The van der Waals surface area contributed by atoms with Gasteiger partial charge < -0.3 is 14.8 Å². The lowest BCUT2D eigenvalue weighted by Gasteiger charge is -2.21. The highest BCUT2D eigenvalue weighted by atomic mass is 35.5. The maximum Gasteiger partial charge on any atom is 0.506 e. The van der Waals surface area contributed by atoms with Gasteiger partial charge in [-0.2, -0.15) is 9.59 Å². The van der Waals surface area contributed by atoms with Gasteiger partial charge >= 0.3 is 19.4 Å². The summed E-state index contributed by atoms with van der Waals surface area (Å²) in [6.07, 6.45) is -0.415. The number of carbonyl (C=O) groups is 1. The van der Waals surface area contributed by atoms with Crippen LogP contribution in [0.2, 0.25) is 5.02 Å². The van der Waals surface area contributed by atoms with E-state index in [9.17, 15) is 14.8 Å². The highest BCUT2D eigenvalue weighted by Gasteiger charge is 2.27. The third kappa shape index (κ3) is 4.69. The Morgan fingerprint density at radius 2 is 1.79 bits per heavy atom. The van der Waals surface area contributed by atoms with Crippen LogP contribution in [0.25, 0.3) is 10.9 Å². The van der Waals surface area contributed by atoms with Gasteiger partial charge in [-0.1, -0.05) is 11.6 Å². The molecular formula is C15H17BClNO6. The van der Waals surface area contributed by atoms with E-state index in [1.165, 1.54) is 6.07 Å². The SMILES string of the molecule is Cc1cc2c(cc1Cl)cc(B(O)O)n2C(=O)OC(C)(C)C.O=C=O. The molecule has 1 aromatic carbocycles. The van der Waals surface area contributed by atoms with Crippen LogP contribution < -0.4 is 5.59 Å². The molecule has 2 N–H and O–H groups in total. The third-order valence-electron chi connectivity index (χ3n) is 2.95. The molecule has 128 valence electrons. The van der Waals surface area contributed by atoms with Gasteiger partial charge in [0.05, 0.1) is 11.1 Å². The first-order valence-electron chi connectivity index (χ1n) is 6.92. The van der Waals surface area contributed by atoms with Crippen molar-refractivity contribution in [3.8, 4) is 0 Å². The minimum absolute atomic E-state index is 0.0425. The predicted molar refractivity (Wildman–Crippen MR) is 88.1 cm³/mol. The minimum atomic E-state index is -1.79. The van der Waals surface area contributed by atoms with E-state index in [0.717, 1.165) is 10.1 Å². The van der Waals surface area contributed by atoms with E-state index in [2.05, 4.69) is 0 Å². The second kappa shape index (κ2) is 7.64. The lowest BCUT2D eigenvalue weighted by molar-refractivity contribution is -0.191. The molecule has 0 spiro atoms. The molecule has 24 heavy (non-hydrogen) atoms. The van der Waals surface area contributed by atoms with Crippen LogP contribution in [0.3, 0.4) is 0 Å². The van der Waals surface area contributed by atoms with Gasteiger partial charge in [0.15, 0.2) is 0 Å². The number of aromatic nitrogens is 1. The summed E-state index contributed by atoms with van der Waals surface area (Å²) in [7, 11) is -1.79. The molecule has 0 saturated carbocycles. The molecule has 0 saturated heterocycles. The Morgan fingerprint density at radius 3 is 2.25 bits per heavy atom. The van der Waals surface area contributed by atoms with Crippen LogP contribution in [0, 0.1) is 6.92 Å². The van der Waals surface area contributed by atoms with Crippen molar-refractivity contribution in [1.82, 2.24) is 4.57 Å². The molecule has 9 heteroatoms. The lowest BCUT2D eigenvalue weighted by Crippen LogP contribution is -2.41. The number of aryl methyl sites for hydroxylation is 1. The van der Waals surface area contributed by atoms with Crippen molar-refractivity contribution in [3.05, 3.63) is 28.8 Å². The predicted octanol–water partition coefficient (Wildman–Crippen LogP) is 1.48. The van der Waals surface area contributed by atoms with Gasteiger partial charge in [-0.05, 0) is 51.5 Å². The van der Waals surface area contributed by atoms with Crippen molar-refractivity contribution in [2.24, 2.45) is 0 Å². The Balaban J connectivity index is 0.000000891. The molecule has 0 amide bonds. The van der Waals surface area contributed by atoms with E-state index in [4.69, 9.17) is 25.9 Å². The number of halogens is 1. The Kier molecular flexibility index (Phi) is 6.34. The summed E-state index contributed by atoms with van der Waals surface area (Å²) >= 11 is 6.06. The maximum atomic E-state index is 12.3. The number of nitrogens with zero attached hydrogens (tertiary/aromatic N) is 1. The van der Waals surface area contributed by atoms with E-state index in [-0.39, 0.29) is 11.7 Å². The molecule has 0 fully saturated rings. The molecule has 0 aliphatic carbocycles. The second-order valence-corrected chi connectivity index (χ2v) is 6.41. The van der Waals surface area contributed by atoms with Gasteiger partial charge in [-0.15, -0.1) is 0 Å². The average Bonchev–Trinajstić information content (AvgIpc) is 2.77. The Hall–Kier alpha value is -2.12. The zero-order valence-corrected chi connectivity index (χ0v) is 14.4. The quantitative estimate of drug-likeness (QED) is 0.752. The highest BCUT2D eigenvalue weighted by molar-refractivity contribution is 6.59. The van der Waals surface area contributed by atoms with Crippen molar-refractivity contribution < 1.29 is 29.2 Å². The number of hydrogen-bond donors (Lipinski definition) is 2. The second-order valence-electron chi connectivity index (χ2n) is 6.00. The molecule has 0 radical (unpaired) electrons. The van der Waals surface area contributed by atoms with Crippen LogP contribution in [0.1, 0.15) is 26.3 Å². The molecule has 0 aliphatic heterocycles.